The fourth-order valence-electron chi connectivity index (χ4n) is 6.37. The molecule has 3 aliphatic rings. The zero-order chi connectivity index (χ0) is 35.9. The van der Waals surface area contributed by atoms with Crippen LogP contribution in [0, 0.1) is 23.2 Å². The molecule has 0 saturated carbocycles. The van der Waals surface area contributed by atoms with Crippen LogP contribution in [0.4, 0.5) is 0 Å². The normalized spacial score (nSPS) is 34.9. The Bertz CT molecular complexity index is 1210. The van der Waals surface area contributed by atoms with Crippen molar-refractivity contribution in [3.05, 3.63) is 0 Å². The average molecular weight is 694 g/mol. The van der Waals surface area contributed by atoms with E-state index in [1.165, 1.54) is 11.8 Å². The summed E-state index contributed by atoms with van der Waals surface area (Å²) in [5.41, 5.74) is -0.381. The summed E-state index contributed by atoms with van der Waals surface area (Å²) in [4.78, 5) is 73.0. The summed E-state index contributed by atoms with van der Waals surface area (Å²) in [7, 11) is 0. The minimum atomic E-state index is -0.972. The third kappa shape index (κ3) is 10.7. The summed E-state index contributed by atoms with van der Waals surface area (Å²) in [5, 5.41) is 20.3. The minimum absolute atomic E-state index is 0.0343. The number of esters is 1. The highest BCUT2D eigenvalue weighted by Crippen LogP contribution is 2.34. The van der Waals surface area contributed by atoms with Gasteiger partial charge in [-0.1, -0.05) is 54.9 Å². The van der Waals surface area contributed by atoms with Gasteiger partial charge in [0.05, 0.1) is 17.2 Å². The zero-order valence-corrected chi connectivity index (χ0v) is 31.2. The van der Waals surface area contributed by atoms with Crippen LogP contribution >= 0.6 is 11.8 Å². The van der Waals surface area contributed by atoms with E-state index in [4.69, 9.17) is 9.73 Å². The fourth-order valence-corrected chi connectivity index (χ4v) is 7.62. The van der Waals surface area contributed by atoms with E-state index in [0.717, 1.165) is 10.8 Å². The largest absolute Gasteiger partial charge is 0.460 e. The number of carbonyl (C=O) groups excluding carboxylic acids is 5. The minimum Gasteiger partial charge on any atom is -0.460 e. The van der Waals surface area contributed by atoms with E-state index in [1.807, 2.05) is 48.5 Å². The van der Waals surface area contributed by atoms with Crippen molar-refractivity contribution in [1.82, 2.24) is 20.9 Å². The molecule has 1 saturated heterocycles. The number of hydrogen-bond donors (Lipinski definition) is 4. The molecule has 48 heavy (non-hydrogen) atoms. The highest BCUT2D eigenvalue weighted by Gasteiger charge is 2.42. The van der Waals surface area contributed by atoms with Gasteiger partial charge in [0.15, 0.2) is 0 Å². The lowest BCUT2D eigenvalue weighted by Gasteiger charge is -2.36. The van der Waals surface area contributed by atoms with E-state index in [1.54, 1.807) is 18.7 Å². The third-order valence-electron chi connectivity index (χ3n) is 10.00. The van der Waals surface area contributed by atoms with Crippen molar-refractivity contribution in [2.75, 3.05) is 12.3 Å². The molecule has 0 aromatic heterocycles. The molecule has 13 heteroatoms. The van der Waals surface area contributed by atoms with Crippen LogP contribution in [0.3, 0.4) is 0 Å². The number of fused-ring (bicyclic) bond motifs is 2. The number of nitrogens with zero attached hydrogens (tertiary/aromatic N) is 2. The van der Waals surface area contributed by atoms with Crippen LogP contribution in [0.15, 0.2) is 4.99 Å². The van der Waals surface area contributed by atoms with E-state index < -0.39 is 54.2 Å². The summed E-state index contributed by atoms with van der Waals surface area (Å²) in [5.74, 6) is -1.81. The number of aliphatic imine (C=N–C) groups is 1. The molecule has 10 unspecified atom stereocenters. The molecule has 3 aliphatic heterocycles. The van der Waals surface area contributed by atoms with Gasteiger partial charge in [-0.05, 0) is 63.2 Å². The number of ether oxygens (including phenoxy) is 1. The Morgan fingerprint density at radius 1 is 0.979 bits per heavy atom. The number of carbonyl (C=O) groups is 5. The van der Waals surface area contributed by atoms with Crippen molar-refractivity contribution >= 4 is 46.4 Å². The van der Waals surface area contributed by atoms with Crippen LogP contribution in [0.2, 0.25) is 0 Å². The second kappa shape index (κ2) is 17.3. The van der Waals surface area contributed by atoms with Gasteiger partial charge in [-0.2, -0.15) is 0 Å². The Labute approximate surface area is 290 Å². The third-order valence-corrected chi connectivity index (χ3v) is 11.3. The Morgan fingerprint density at radius 3 is 2.27 bits per heavy atom. The van der Waals surface area contributed by atoms with Gasteiger partial charge in [-0.15, -0.1) is 11.8 Å². The maximum atomic E-state index is 14.0. The van der Waals surface area contributed by atoms with Gasteiger partial charge in [0, 0.05) is 24.6 Å². The Kier molecular flexibility index (Phi) is 14.3. The van der Waals surface area contributed by atoms with Crippen LogP contribution in [-0.4, -0.2) is 99.4 Å². The molecule has 0 spiro atoms. The molecular formula is C35H59N5O7S. The van der Waals surface area contributed by atoms with E-state index in [9.17, 15) is 29.1 Å². The summed E-state index contributed by atoms with van der Waals surface area (Å²) >= 11 is 1.60. The number of rotatable bonds is 2. The number of cyclic esters (lactones) is 1. The van der Waals surface area contributed by atoms with Gasteiger partial charge >= 0.3 is 5.97 Å². The van der Waals surface area contributed by atoms with Crippen molar-refractivity contribution in [2.24, 2.45) is 28.2 Å². The van der Waals surface area contributed by atoms with E-state index in [-0.39, 0.29) is 47.4 Å². The quantitative estimate of drug-likeness (QED) is 0.320. The number of nitrogens with one attached hydrogen (secondary N) is 3. The second-order valence-electron chi connectivity index (χ2n) is 15.3. The molecule has 1 fully saturated rings. The first-order valence-electron chi connectivity index (χ1n) is 17.7. The average Bonchev–Trinajstić information content (AvgIpc) is 3.70. The topological polar surface area (TPSA) is 166 Å². The van der Waals surface area contributed by atoms with Crippen LogP contribution < -0.4 is 16.0 Å². The molecule has 0 aliphatic carbocycles. The molecule has 12 nitrogen and oxygen atoms in total. The van der Waals surface area contributed by atoms with Gasteiger partial charge in [-0.3, -0.25) is 24.2 Å². The Hall–Kier alpha value is -2.67. The van der Waals surface area contributed by atoms with Gasteiger partial charge in [0.25, 0.3) is 0 Å². The van der Waals surface area contributed by atoms with Crippen molar-refractivity contribution in [2.45, 2.75) is 150 Å². The smallest absolute Gasteiger partial charge is 0.329 e. The lowest BCUT2D eigenvalue weighted by atomic mass is 9.81. The van der Waals surface area contributed by atoms with Crippen molar-refractivity contribution < 1.29 is 33.8 Å². The van der Waals surface area contributed by atoms with Crippen LogP contribution in [0.25, 0.3) is 0 Å². The molecule has 0 aromatic rings. The monoisotopic (exact) mass is 693 g/mol. The first-order chi connectivity index (χ1) is 22.4. The summed E-state index contributed by atoms with van der Waals surface area (Å²) < 4.78 is 6.19. The maximum Gasteiger partial charge on any atom is 0.329 e. The van der Waals surface area contributed by atoms with Crippen LogP contribution in [0.1, 0.15) is 107 Å². The molecule has 10 atom stereocenters. The summed E-state index contributed by atoms with van der Waals surface area (Å²) in [6.45, 7) is 17.3. The molecule has 272 valence electrons. The highest BCUT2D eigenvalue weighted by atomic mass is 32.2. The molecular weight excluding hydrogens is 634 g/mol. The molecule has 3 rings (SSSR count). The lowest BCUT2D eigenvalue weighted by molar-refractivity contribution is -0.164. The number of aliphatic hydroxyl groups is 1. The Balaban J connectivity index is 1.89. The molecule has 2 bridgehead atoms. The van der Waals surface area contributed by atoms with Gasteiger partial charge in [0.1, 0.15) is 30.3 Å². The molecule has 4 amide bonds. The first-order valence-corrected chi connectivity index (χ1v) is 18.7. The summed E-state index contributed by atoms with van der Waals surface area (Å²) in [6, 6.07) is -3.59. The number of hydrogen-bond acceptors (Lipinski definition) is 9. The van der Waals surface area contributed by atoms with Crippen molar-refractivity contribution in [1.29, 1.82) is 0 Å². The molecule has 3 heterocycles. The number of amides is 4. The van der Waals surface area contributed by atoms with Crippen molar-refractivity contribution in [3.63, 3.8) is 0 Å². The fraction of sp³-hybridized carbons (Fsp3) is 0.829. The highest BCUT2D eigenvalue weighted by molar-refractivity contribution is 8.14. The molecule has 0 aromatic carbocycles. The van der Waals surface area contributed by atoms with Gasteiger partial charge < -0.3 is 30.7 Å². The van der Waals surface area contributed by atoms with E-state index in [2.05, 4.69) is 16.0 Å². The molecule has 4 N–H and O–H groups in total. The summed E-state index contributed by atoms with van der Waals surface area (Å²) in [6.07, 6.45) is 2.35. The standard InChI is InChI=1S/C35H59N5O7S/c1-10-20(3)29-33(45)40-15-11-12-25(40)34(46)47-27(35(7,8)9)17-19(2)16-26(41)21(4)32-38-24(18-48-32)13-14-28(42)36-22(5)30(43)37-23(6)31(44)39-29/h19-27,29,41H,10-18H2,1-9H3,(H,36,42)(H,37,43)(H,39,44). The van der Waals surface area contributed by atoms with Gasteiger partial charge in [0.2, 0.25) is 23.6 Å². The number of thioether (sulfide) groups is 1. The van der Waals surface area contributed by atoms with Crippen molar-refractivity contribution in [3.8, 4) is 0 Å². The molecule has 0 radical (unpaired) electrons. The predicted octanol–water partition coefficient (Wildman–Crippen LogP) is 3.20. The maximum absolute atomic E-state index is 14.0. The SMILES string of the molecule is CCC(C)C1NC(=O)C(C)NC(=O)C(C)NC(=O)CCC2CSC(=N2)C(C)C(O)CC(C)CC(C(C)(C)C)OC(=O)C2CCCN2C1=O. The van der Waals surface area contributed by atoms with E-state index >= 15 is 0 Å². The van der Waals surface area contributed by atoms with Gasteiger partial charge in [-0.25, -0.2) is 4.79 Å². The second-order valence-corrected chi connectivity index (χ2v) is 16.3. The lowest BCUT2D eigenvalue weighted by Crippen LogP contribution is -2.58. The van der Waals surface area contributed by atoms with Crippen LogP contribution in [0.5, 0.6) is 0 Å². The Morgan fingerprint density at radius 2 is 1.62 bits per heavy atom. The van der Waals surface area contributed by atoms with E-state index in [0.29, 0.717) is 45.1 Å². The predicted molar refractivity (Wildman–Crippen MR) is 187 cm³/mol. The zero-order valence-electron chi connectivity index (χ0n) is 30.3. The first kappa shape index (κ1) is 39.8. The van der Waals surface area contributed by atoms with Crippen LogP contribution in [-0.2, 0) is 28.7 Å². The number of aliphatic hydroxyl groups excluding tert-OH is 1.